The number of carbonyl (C=O) groups excluding carboxylic acids is 1. The van der Waals surface area contributed by atoms with E-state index >= 15 is 0 Å². The van der Waals surface area contributed by atoms with Gasteiger partial charge in [0.1, 0.15) is 0 Å². The number of hydrogen-bond donors (Lipinski definition) is 1. The van der Waals surface area contributed by atoms with Crippen LogP contribution in [0.2, 0.25) is 0 Å². The summed E-state index contributed by atoms with van der Waals surface area (Å²) in [6, 6.07) is 0.349. The summed E-state index contributed by atoms with van der Waals surface area (Å²) < 4.78 is 5.40. The van der Waals surface area contributed by atoms with Crippen molar-refractivity contribution in [1.82, 2.24) is 10.2 Å². The Kier molecular flexibility index (Phi) is 7.40. The fraction of sp³-hybridized carbons (Fsp3) is 0.833. The molecule has 3 atom stereocenters. The van der Waals surface area contributed by atoms with Crippen LogP contribution in [0.25, 0.3) is 0 Å². The topological polar surface area (TPSA) is 41.6 Å². The third kappa shape index (κ3) is 5.40. The number of amides is 1. The quantitative estimate of drug-likeness (QED) is 0.580. The molecule has 1 heterocycles. The highest BCUT2D eigenvalue weighted by Gasteiger charge is 2.29. The lowest BCUT2D eigenvalue weighted by atomic mass is 9.90. The second-order valence-corrected chi connectivity index (χ2v) is 6.71. The fourth-order valence-electron chi connectivity index (χ4n) is 3.52. The van der Waals surface area contributed by atoms with E-state index in [0.717, 1.165) is 65.0 Å². The van der Waals surface area contributed by atoms with Crippen LogP contribution in [-0.2, 0) is 9.53 Å². The second kappa shape index (κ2) is 9.31. The summed E-state index contributed by atoms with van der Waals surface area (Å²) in [6.07, 6.45) is 9.48. The first kappa shape index (κ1) is 17.5. The van der Waals surface area contributed by atoms with Gasteiger partial charge in [-0.2, -0.15) is 0 Å². The Balaban J connectivity index is 1.69. The number of ether oxygens (including phenoxy) is 1. The standard InChI is InChI=1S/C18H32N2O2/c1-3-22-13-7-11-20-12-10-17(15(2)14-20)19-18(21)16-8-5-4-6-9-16/h4-5,15-17H,3,6-14H2,1-2H3,(H,19,21). The van der Waals surface area contributed by atoms with Gasteiger partial charge in [0.2, 0.25) is 5.91 Å². The molecule has 0 radical (unpaired) electrons. The molecule has 0 aromatic heterocycles. The van der Waals surface area contributed by atoms with Crippen LogP contribution in [0.3, 0.4) is 0 Å². The van der Waals surface area contributed by atoms with E-state index in [9.17, 15) is 4.79 Å². The van der Waals surface area contributed by atoms with Crippen molar-refractivity contribution in [1.29, 1.82) is 0 Å². The zero-order chi connectivity index (χ0) is 15.8. The molecule has 2 rings (SSSR count). The molecule has 1 fully saturated rings. The molecule has 1 aliphatic heterocycles. The molecule has 3 unspecified atom stereocenters. The molecule has 0 aromatic carbocycles. The zero-order valence-corrected chi connectivity index (χ0v) is 14.2. The van der Waals surface area contributed by atoms with E-state index in [4.69, 9.17) is 4.74 Å². The molecule has 1 N–H and O–H groups in total. The molecule has 1 amide bonds. The molecule has 4 heteroatoms. The summed E-state index contributed by atoms with van der Waals surface area (Å²) in [5.74, 6) is 0.997. The molecule has 126 valence electrons. The monoisotopic (exact) mass is 308 g/mol. The minimum atomic E-state index is 0.196. The fourth-order valence-corrected chi connectivity index (χ4v) is 3.52. The second-order valence-electron chi connectivity index (χ2n) is 6.71. The summed E-state index contributed by atoms with van der Waals surface area (Å²) in [7, 11) is 0. The van der Waals surface area contributed by atoms with E-state index < -0.39 is 0 Å². The maximum Gasteiger partial charge on any atom is 0.223 e. The van der Waals surface area contributed by atoms with Crippen LogP contribution in [0, 0.1) is 11.8 Å². The molecule has 0 aromatic rings. The molecule has 0 saturated carbocycles. The van der Waals surface area contributed by atoms with Gasteiger partial charge >= 0.3 is 0 Å². The highest BCUT2D eigenvalue weighted by Crippen LogP contribution is 2.21. The van der Waals surface area contributed by atoms with Gasteiger partial charge in [-0.15, -0.1) is 0 Å². The summed E-state index contributed by atoms with van der Waals surface area (Å²) >= 11 is 0. The third-order valence-electron chi connectivity index (χ3n) is 4.92. The maximum absolute atomic E-state index is 12.4. The summed E-state index contributed by atoms with van der Waals surface area (Å²) in [4.78, 5) is 14.9. The van der Waals surface area contributed by atoms with E-state index in [1.165, 1.54) is 0 Å². The van der Waals surface area contributed by atoms with Crippen LogP contribution in [0.15, 0.2) is 12.2 Å². The summed E-state index contributed by atoms with van der Waals surface area (Å²) in [6.45, 7) is 9.25. The van der Waals surface area contributed by atoms with Crippen molar-refractivity contribution in [2.24, 2.45) is 11.8 Å². The molecule has 0 bridgehead atoms. The van der Waals surface area contributed by atoms with Crippen molar-refractivity contribution in [3.63, 3.8) is 0 Å². The molecule has 1 aliphatic carbocycles. The number of hydrogen-bond acceptors (Lipinski definition) is 3. The largest absolute Gasteiger partial charge is 0.382 e. The first-order valence-electron chi connectivity index (χ1n) is 8.96. The lowest BCUT2D eigenvalue weighted by Gasteiger charge is -2.38. The van der Waals surface area contributed by atoms with E-state index in [1.54, 1.807) is 0 Å². The smallest absolute Gasteiger partial charge is 0.223 e. The SMILES string of the molecule is CCOCCCN1CCC(NC(=O)C2CC=CCC2)C(C)C1. The zero-order valence-electron chi connectivity index (χ0n) is 14.2. The van der Waals surface area contributed by atoms with Crippen molar-refractivity contribution < 1.29 is 9.53 Å². The van der Waals surface area contributed by atoms with Crippen molar-refractivity contribution in [3.05, 3.63) is 12.2 Å². The van der Waals surface area contributed by atoms with Gasteiger partial charge in [0.15, 0.2) is 0 Å². The first-order chi connectivity index (χ1) is 10.7. The minimum Gasteiger partial charge on any atom is -0.382 e. The lowest BCUT2D eigenvalue weighted by Crippen LogP contribution is -2.51. The third-order valence-corrected chi connectivity index (χ3v) is 4.92. The van der Waals surface area contributed by atoms with E-state index in [-0.39, 0.29) is 11.8 Å². The van der Waals surface area contributed by atoms with Gasteiger partial charge in [0.25, 0.3) is 0 Å². The number of likely N-dealkylation sites (tertiary alicyclic amines) is 1. The Morgan fingerprint density at radius 2 is 2.23 bits per heavy atom. The van der Waals surface area contributed by atoms with Gasteiger partial charge in [0.05, 0.1) is 0 Å². The Bertz CT molecular complexity index is 370. The number of rotatable bonds is 7. The number of piperidine rings is 1. The first-order valence-corrected chi connectivity index (χ1v) is 8.96. The normalized spacial score (nSPS) is 29.5. The predicted molar refractivity (Wildman–Crippen MR) is 89.7 cm³/mol. The van der Waals surface area contributed by atoms with Crippen LogP contribution in [0.4, 0.5) is 0 Å². The lowest BCUT2D eigenvalue weighted by molar-refractivity contribution is -0.126. The van der Waals surface area contributed by atoms with Crippen molar-refractivity contribution in [2.45, 2.75) is 52.0 Å². The number of allylic oxidation sites excluding steroid dienone is 2. The average Bonchev–Trinajstić information content (AvgIpc) is 2.55. The molecule has 2 aliphatic rings. The van der Waals surface area contributed by atoms with Crippen molar-refractivity contribution in [3.8, 4) is 0 Å². The Morgan fingerprint density at radius 1 is 1.36 bits per heavy atom. The van der Waals surface area contributed by atoms with Crippen molar-refractivity contribution >= 4 is 5.91 Å². The minimum absolute atomic E-state index is 0.196. The van der Waals surface area contributed by atoms with Gasteiger partial charge in [-0.3, -0.25) is 4.79 Å². The van der Waals surface area contributed by atoms with Crippen LogP contribution in [0.1, 0.15) is 46.0 Å². The van der Waals surface area contributed by atoms with Crippen LogP contribution >= 0.6 is 0 Å². The molecule has 22 heavy (non-hydrogen) atoms. The maximum atomic E-state index is 12.4. The van der Waals surface area contributed by atoms with Crippen LogP contribution < -0.4 is 5.32 Å². The Hall–Kier alpha value is -0.870. The van der Waals surface area contributed by atoms with Gasteiger partial charge in [0, 0.05) is 44.8 Å². The number of carbonyl (C=O) groups is 1. The molecule has 1 saturated heterocycles. The Morgan fingerprint density at radius 3 is 2.91 bits per heavy atom. The van der Waals surface area contributed by atoms with E-state index in [1.807, 2.05) is 6.92 Å². The van der Waals surface area contributed by atoms with Crippen molar-refractivity contribution in [2.75, 3.05) is 32.8 Å². The van der Waals surface area contributed by atoms with E-state index in [0.29, 0.717) is 12.0 Å². The molecule has 0 spiro atoms. The van der Waals surface area contributed by atoms with Crippen LogP contribution in [0.5, 0.6) is 0 Å². The number of nitrogens with one attached hydrogen (secondary N) is 1. The van der Waals surface area contributed by atoms with Gasteiger partial charge < -0.3 is 15.0 Å². The van der Waals surface area contributed by atoms with Crippen LogP contribution in [-0.4, -0.2) is 49.7 Å². The highest BCUT2D eigenvalue weighted by molar-refractivity contribution is 5.79. The predicted octanol–water partition coefficient (Wildman–Crippen LogP) is 2.60. The highest BCUT2D eigenvalue weighted by atomic mass is 16.5. The van der Waals surface area contributed by atoms with Gasteiger partial charge in [-0.05, 0) is 44.9 Å². The molecular formula is C18H32N2O2. The Labute approximate surface area is 135 Å². The molecular weight excluding hydrogens is 276 g/mol. The summed E-state index contributed by atoms with van der Waals surface area (Å²) in [5.41, 5.74) is 0. The average molecular weight is 308 g/mol. The van der Waals surface area contributed by atoms with E-state index in [2.05, 4.69) is 29.3 Å². The van der Waals surface area contributed by atoms with Gasteiger partial charge in [-0.25, -0.2) is 0 Å². The summed E-state index contributed by atoms with van der Waals surface area (Å²) in [5, 5.41) is 3.31. The molecule has 4 nitrogen and oxygen atoms in total. The number of nitrogens with zero attached hydrogens (tertiary/aromatic N) is 1. The van der Waals surface area contributed by atoms with Gasteiger partial charge in [-0.1, -0.05) is 19.1 Å².